The highest BCUT2D eigenvalue weighted by molar-refractivity contribution is 7.99. The molecule has 4 nitrogen and oxygen atoms in total. The number of thioether (sulfide) groups is 1. The topological polar surface area (TPSA) is 65.8 Å². The molecule has 0 radical (unpaired) electrons. The molecule has 1 aromatic carbocycles. The van der Waals surface area contributed by atoms with Crippen LogP contribution in [0.5, 0.6) is 0 Å². The van der Waals surface area contributed by atoms with Crippen molar-refractivity contribution in [3.05, 3.63) is 52.2 Å². The number of nitriles is 1. The average Bonchev–Trinajstić information content (AvgIpc) is 2.66. The quantitative estimate of drug-likeness (QED) is 0.605. The number of benzene rings is 1. The minimum Gasteiger partial charge on any atom is -0.326 e. The van der Waals surface area contributed by atoms with Crippen molar-refractivity contribution in [2.75, 3.05) is 11.1 Å². The summed E-state index contributed by atoms with van der Waals surface area (Å²) in [6, 6.07) is 11.4. The Labute approximate surface area is 182 Å². The van der Waals surface area contributed by atoms with Gasteiger partial charge in [-0.05, 0) is 60.4 Å². The summed E-state index contributed by atoms with van der Waals surface area (Å²) in [7, 11) is 0. The van der Waals surface area contributed by atoms with Gasteiger partial charge >= 0.3 is 0 Å². The minimum atomic E-state index is -0.0794. The number of nitrogens with zero attached hydrogens (tertiary/aromatic N) is 2. The molecule has 1 heterocycles. The Hall–Kier alpha value is -2.03. The number of aryl methyl sites for hydroxylation is 1. The van der Waals surface area contributed by atoms with Gasteiger partial charge in [-0.25, -0.2) is 4.98 Å². The van der Waals surface area contributed by atoms with Crippen LogP contribution in [-0.4, -0.2) is 16.6 Å². The number of carbonyl (C=O) groups is 1. The molecule has 1 atom stereocenters. The Morgan fingerprint density at radius 3 is 2.86 bits per heavy atom. The molecule has 2 aromatic rings. The van der Waals surface area contributed by atoms with Crippen molar-refractivity contribution in [1.82, 2.24) is 4.98 Å². The van der Waals surface area contributed by atoms with Gasteiger partial charge in [-0.2, -0.15) is 5.26 Å². The number of aromatic nitrogens is 1. The highest BCUT2D eigenvalue weighted by atomic mass is 35.5. The van der Waals surface area contributed by atoms with Crippen LogP contribution in [0.3, 0.4) is 0 Å². The van der Waals surface area contributed by atoms with E-state index in [-0.39, 0.29) is 11.3 Å². The van der Waals surface area contributed by atoms with Gasteiger partial charge in [0.15, 0.2) is 0 Å². The molecule has 1 N–H and O–H groups in total. The first-order valence-corrected chi connectivity index (χ1v) is 11.2. The maximum absolute atomic E-state index is 12.2. The van der Waals surface area contributed by atoms with E-state index in [0.29, 0.717) is 34.4 Å². The van der Waals surface area contributed by atoms with Gasteiger partial charge in [-0.1, -0.05) is 38.4 Å². The fourth-order valence-electron chi connectivity index (χ4n) is 3.60. The summed E-state index contributed by atoms with van der Waals surface area (Å²) < 4.78 is 0. The van der Waals surface area contributed by atoms with E-state index < -0.39 is 0 Å². The zero-order valence-electron chi connectivity index (χ0n) is 17.1. The predicted molar refractivity (Wildman–Crippen MR) is 119 cm³/mol. The van der Waals surface area contributed by atoms with Gasteiger partial charge < -0.3 is 5.32 Å². The zero-order valence-corrected chi connectivity index (χ0v) is 18.7. The summed E-state index contributed by atoms with van der Waals surface area (Å²) in [4.78, 5) is 17.0. The van der Waals surface area contributed by atoms with Crippen molar-refractivity contribution in [2.24, 2.45) is 11.3 Å². The third kappa shape index (κ3) is 5.74. The summed E-state index contributed by atoms with van der Waals surface area (Å²) in [5.41, 5.74) is 3.86. The van der Waals surface area contributed by atoms with E-state index in [1.807, 2.05) is 6.07 Å². The van der Waals surface area contributed by atoms with E-state index in [1.54, 1.807) is 24.3 Å². The van der Waals surface area contributed by atoms with E-state index in [2.05, 4.69) is 32.2 Å². The van der Waals surface area contributed by atoms with Crippen molar-refractivity contribution < 1.29 is 4.79 Å². The van der Waals surface area contributed by atoms with Crippen LogP contribution in [0.2, 0.25) is 5.02 Å². The molecular weight excluding hydrogens is 402 g/mol. The fraction of sp³-hybridized carbons (Fsp3) is 0.435. The molecule has 0 aliphatic heterocycles. The Morgan fingerprint density at radius 1 is 1.38 bits per heavy atom. The molecule has 0 spiro atoms. The third-order valence-electron chi connectivity index (χ3n) is 5.37. The van der Waals surface area contributed by atoms with Gasteiger partial charge in [-0.15, -0.1) is 11.8 Å². The van der Waals surface area contributed by atoms with E-state index in [9.17, 15) is 10.1 Å². The number of anilines is 1. The molecule has 1 unspecified atom stereocenters. The molecule has 6 heteroatoms. The van der Waals surface area contributed by atoms with Crippen LogP contribution >= 0.6 is 23.4 Å². The monoisotopic (exact) mass is 427 g/mol. The normalized spacial score (nSPS) is 16.0. The van der Waals surface area contributed by atoms with Crippen molar-refractivity contribution >= 4 is 35.0 Å². The molecule has 0 fully saturated rings. The Bertz CT molecular complexity index is 946. The van der Waals surface area contributed by atoms with Crippen LogP contribution in [-0.2, 0) is 17.6 Å². The number of fused-ring (bicyclic) bond motifs is 1. The Morgan fingerprint density at radius 2 is 2.17 bits per heavy atom. The van der Waals surface area contributed by atoms with Crippen molar-refractivity contribution in [3.8, 4) is 6.07 Å². The smallest absolute Gasteiger partial charge is 0.225 e. The van der Waals surface area contributed by atoms with Crippen LogP contribution in [0.15, 0.2) is 35.4 Å². The Balaban J connectivity index is 1.61. The van der Waals surface area contributed by atoms with Gasteiger partial charge in [0.2, 0.25) is 5.91 Å². The summed E-state index contributed by atoms with van der Waals surface area (Å²) in [5, 5.41) is 13.7. The number of carbonyl (C=O) groups excluding carboxylic acids is 1. The molecular formula is C23H26ClN3OS. The lowest BCUT2D eigenvalue weighted by Gasteiger charge is -2.34. The number of amides is 1. The Kier molecular flexibility index (Phi) is 6.87. The van der Waals surface area contributed by atoms with Gasteiger partial charge in [0.1, 0.15) is 11.1 Å². The standard InChI is InChI=1S/C23H26ClN3OS/c1-23(2,3)17-7-8-20-15(12-17)11-16(14-25)22(27-20)29-10-9-21(28)26-19-6-4-5-18(24)13-19/h4-6,11,13,17H,7-10,12H2,1-3H3,(H,26,28). The molecule has 29 heavy (non-hydrogen) atoms. The second kappa shape index (κ2) is 9.19. The van der Waals surface area contributed by atoms with Crippen molar-refractivity contribution in [3.63, 3.8) is 0 Å². The first-order chi connectivity index (χ1) is 13.8. The van der Waals surface area contributed by atoms with Crippen molar-refractivity contribution in [1.29, 1.82) is 5.26 Å². The minimum absolute atomic E-state index is 0.0794. The lowest BCUT2D eigenvalue weighted by atomic mass is 9.71. The lowest BCUT2D eigenvalue weighted by Crippen LogP contribution is -2.27. The maximum Gasteiger partial charge on any atom is 0.225 e. The van der Waals surface area contributed by atoms with Crippen LogP contribution in [0, 0.1) is 22.7 Å². The van der Waals surface area contributed by atoms with Crippen LogP contribution < -0.4 is 5.32 Å². The van der Waals surface area contributed by atoms with E-state index >= 15 is 0 Å². The molecule has 1 aromatic heterocycles. The summed E-state index contributed by atoms with van der Waals surface area (Å²) in [5.74, 6) is 1.10. The second-order valence-corrected chi connectivity index (χ2v) is 10.0. The highest BCUT2D eigenvalue weighted by Gasteiger charge is 2.30. The molecule has 0 saturated heterocycles. The molecule has 3 rings (SSSR count). The number of hydrogen-bond donors (Lipinski definition) is 1. The van der Waals surface area contributed by atoms with Gasteiger partial charge in [0.25, 0.3) is 0 Å². The number of halogens is 1. The molecule has 0 bridgehead atoms. The molecule has 1 amide bonds. The lowest BCUT2D eigenvalue weighted by molar-refractivity contribution is -0.115. The number of rotatable bonds is 5. The third-order valence-corrected chi connectivity index (χ3v) is 6.60. The van der Waals surface area contributed by atoms with E-state index in [0.717, 1.165) is 30.0 Å². The zero-order chi connectivity index (χ0) is 21.0. The SMILES string of the molecule is CC(C)(C)C1CCc2nc(SCCC(=O)Nc3cccc(Cl)c3)c(C#N)cc2C1. The first-order valence-electron chi connectivity index (χ1n) is 9.87. The maximum atomic E-state index is 12.2. The molecule has 1 aliphatic carbocycles. The van der Waals surface area contributed by atoms with Gasteiger partial charge in [0.05, 0.1) is 5.56 Å². The van der Waals surface area contributed by atoms with Crippen molar-refractivity contribution in [2.45, 2.75) is 51.5 Å². The van der Waals surface area contributed by atoms with Gasteiger partial charge in [0, 0.05) is 28.6 Å². The second-order valence-electron chi connectivity index (χ2n) is 8.52. The van der Waals surface area contributed by atoms with Gasteiger partial charge in [-0.3, -0.25) is 4.79 Å². The highest BCUT2D eigenvalue weighted by Crippen LogP contribution is 2.38. The summed E-state index contributed by atoms with van der Waals surface area (Å²) in [6.45, 7) is 6.83. The van der Waals surface area contributed by atoms with E-state index in [1.165, 1.54) is 17.3 Å². The number of pyridine rings is 1. The molecule has 0 saturated carbocycles. The van der Waals surface area contributed by atoms with Crippen LogP contribution in [0.1, 0.15) is 50.4 Å². The summed E-state index contributed by atoms with van der Waals surface area (Å²) >= 11 is 7.42. The largest absolute Gasteiger partial charge is 0.326 e. The number of nitrogens with one attached hydrogen (secondary N) is 1. The molecule has 1 aliphatic rings. The fourth-order valence-corrected chi connectivity index (χ4v) is 4.71. The van der Waals surface area contributed by atoms with E-state index in [4.69, 9.17) is 16.6 Å². The number of hydrogen-bond acceptors (Lipinski definition) is 4. The van der Waals surface area contributed by atoms with Crippen LogP contribution in [0.4, 0.5) is 5.69 Å². The van der Waals surface area contributed by atoms with Crippen LogP contribution in [0.25, 0.3) is 0 Å². The average molecular weight is 428 g/mol. The predicted octanol–water partition coefficient (Wildman–Crippen LogP) is 5.88. The first kappa shape index (κ1) is 21.7. The summed E-state index contributed by atoms with van der Waals surface area (Å²) in [6.07, 6.45) is 3.40. The molecule has 152 valence electrons.